The van der Waals surface area contributed by atoms with Crippen LogP contribution in [0.1, 0.15) is 9.67 Å². The van der Waals surface area contributed by atoms with E-state index in [2.05, 4.69) is 5.10 Å². The maximum absolute atomic E-state index is 13.2. The fourth-order valence-electron chi connectivity index (χ4n) is 3.39. The van der Waals surface area contributed by atoms with Crippen LogP contribution in [0.4, 0.5) is 4.39 Å². The summed E-state index contributed by atoms with van der Waals surface area (Å²) < 4.78 is 17.5. The zero-order chi connectivity index (χ0) is 19.7. The third kappa shape index (κ3) is 3.78. The van der Waals surface area contributed by atoms with Gasteiger partial charge >= 0.3 is 0 Å². The SMILES string of the molecule is Cn1c(-c2ccc(F)cc2)nn(C[NH+]2CCN(C(=O)c3cccs3)CC2)c1=S. The van der Waals surface area contributed by atoms with Gasteiger partial charge in [-0.2, -0.15) is 4.68 Å². The summed E-state index contributed by atoms with van der Waals surface area (Å²) in [4.78, 5) is 16.5. The van der Waals surface area contributed by atoms with Crippen molar-refractivity contribution in [3.8, 4) is 11.4 Å². The van der Waals surface area contributed by atoms with E-state index in [0.717, 1.165) is 42.4 Å². The number of hydrogen-bond acceptors (Lipinski definition) is 4. The third-order valence-corrected chi connectivity index (χ3v) is 6.35. The Morgan fingerprint density at radius 1 is 1.25 bits per heavy atom. The quantitative estimate of drug-likeness (QED) is 0.658. The van der Waals surface area contributed by atoms with Crippen molar-refractivity contribution in [2.24, 2.45) is 7.05 Å². The average molecular weight is 419 g/mol. The van der Waals surface area contributed by atoms with Crippen LogP contribution in [0.2, 0.25) is 0 Å². The molecule has 4 rings (SSSR count). The van der Waals surface area contributed by atoms with E-state index in [1.54, 1.807) is 12.1 Å². The standard InChI is InChI=1S/C19H20FN5OS2/c1-22-17(14-4-6-15(20)7-5-14)21-25(19(22)27)13-23-8-10-24(11-9-23)18(26)16-3-2-12-28-16/h2-7,12H,8-11,13H2,1H3/p+1. The number of hydrogen-bond donors (Lipinski definition) is 1. The Bertz CT molecular complexity index is 1020. The molecule has 1 N–H and O–H groups in total. The molecule has 1 aliphatic heterocycles. The Hall–Kier alpha value is -2.36. The summed E-state index contributed by atoms with van der Waals surface area (Å²) in [6, 6.07) is 10.0. The van der Waals surface area contributed by atoms with Gasteiger partial charge in [-0.3, -0.25) is 4.79 Å². The number of quaternary nitrogens is 1. The number of piperazine rings is 1. The summed E-state index contributed by atoms with van der Waals surface area (Å²) in [5.74, 6) is 0.557. The molecule has 1 aromatic carbocycles. The molecule has 0 radical (unpaired) electrons. The molecule has 3 aromatic rings. The maximum atomic E-state index is 13.2. The molecule has 146 valence electrons. The molecule has 2 aromatic heterocycles. The van der Waals surface area contributed by atoms with Crippen molar-refractivity contribution in [3.05, 3.63) is 57.2 Å². The highest BCUT2D eigenvalue weighted by atomic mass is 32.1. The van der Waals surface area contributed by atoms with E-state index in [1.807, 2.05) is 38.7 Å². The highest BCUT2D eigenvalue weighted by Crippen LogP contribution is 2.17. The lowest BCUT2D eigenvalue weighted by Gasteiger charge is -2.31. The van der Waals surface area contributed by atoms with Crippen LogP contribution in [-0.2, 0) is 13.7 Å². The van der Waals surface area contributed by atoms with Crippen LogP contribution in [-0.4, -0.2) is 51.3 Å². The topological polar surface area (TPSA) is 47.5 Å². The molecule has 0 unspecified atom stereocenters. The molecule has 1 fully saturated rings. The number of carbonyl (C=O) groups excluding carboxylic acids is 1. The zero-order valence-corrected chi connectivity index (χ0v) is 17.1. The van der Waals surface area contributed by atoms with E-state index in [0.29, 0.717) is 11.4 Å². The summed E-state index contributed by atoms with van der Waals surface area (Å²) in [6.45, 7) is 3.78. The van der Waals surface area contributed by atoms with Gasteiger partial charge in [0.25, 0.3) is 5.91 Å². The van der Waals surface area contributed by atoms with Gasteiger partial charge in [-0.05, 0) is 47.9 Å². The second-order valence-electron chi connectivity index (χ2n) is 6.85. The van der Waals surface area contributed by atoms with E-state index in [9.17, 15) is 9.18 Å². The van der Waals surface area contributed by atoms with Gasteiger partial charge in [0, 0.05) is 12.6 Å². The van der Waals surface area contributed by atoms with Gasteiger partial charge in [-0.15, -0.1) is 16.4 Å². The minimum Gasteiger partial charge on any atom is -0.327 e. The predicted octanol–water partition coefficient (Wildman–Crippen LogP) is 1.82. The van der Waals surface area contributed by atoms with Crippen molar-refractivity contribution in [1.82, 2.24) is 19.2 Å². The smallest absolute Gasteiger partial charge is 0.264 e. The second-order valence-corrected chi connectivity index (χ2v) is 8.16. The molecule has 1 aliphatic rings. The van der Waals surface area contributed by atoms with Crippen molar-refractivity contribution in [3.63, 3.8) is 0 Å². The number of halogens is 1. The molecule has 0 bridgehead atoms. The van der Waals surface area contributed by atoms with Crippen LogP contribution in [0.3, 0.4) is 0 Å². The first-order valence-corrected chi connectivity index (χ1v) is 10.4. The van der Waals surface area contributed by atoms with Crippen molar-refractivity contribution in [2.75, 3.05) is 26.2 Å². The first-order chi connectivity index (χ1) is 13.5. The first kappa shape index (κ1) is 19.0. The summed E-state index contributed by atoms with van der Waals surface area (Å²) in [7, 11) is 1.87. The maximum Gasteiger partial charge on any atom is 0.264 e. The monoisotopic (exact) mass is 418 g/mol. The lowest BCUT2D eigenvalue weighted by atomic mass is 10.2. The molecule has 0 saturated carbocycles. The number of nitrogens with one attached hydrogen (secondary N) is 1. The molecule has 0 aliphatic carbocycles. The fourth-order valence-corrected chi connectivity index (χ4v) is 4.28. The lowest BCUT2D eigenvalue weighted by molar-refractivity contribution is -0.927. The first-order valence-electron chi connectivity index (χ1n) is 9.09. The van der Waals surface area contributed by atoms with Crippen LogP contribution in [0, 0.1) is 10.6 Å². The van der Waals surface area contributed by atoms with E-state index in [-0.39, 0.29) is 11.7 Å². The molecule has 9 heteroatoms. The van der Waals surface area contributed by atoms with Crippen molar-refractivity contribution in [2.45, 2.75) is 6.67 Å². The Morgan fingerprint density at radius 2 is 1.96 bits per heavy atom. The number of carbonyl (C=O) groups is 1. The van der Waals surface area contributed by atoms with Gasteiger partial charge in [-0.1, -0.05) is 6.07 Å². The number of benzene rings is 1. The van der Waals surface area contributed by atoms with Crippen LogP contribution in [0.5, 0.6) is 0 Å². The second kappa shape index (κ2) is 7.94. The van der Waals surface area contributed by atoms with Crippen LogP contribution in [0.25, 0.3) is 11.4 Å². The van der Waals surface area contributed by atoms with E-state index >= 15 is 0 Å². The number of nitrogens with zero attached hydrogens (tertiary/aromatic N) is 4. The Labute approximate surface area is 171 Å². The van der Waals surface area contributed by atoms with Crippen LogP contribution in [0.15, 0.2) is 41.8 Å². The minimum atomic E-state index is -0.274. The third-order valence-electron chi connectivity index (χ3n) is 5.01. The molecular formula is C19H21FN5OS2+. The molecule has 28 heavy (non-hydrogen) atoms. The average Bonchev–Trinajstić information content (AvgIpc) is 3.34. The van der Waals surface area contributed by atoms with Gasteiger partial charge in [0.05, 0.1) is 31.1 Å². The summed E-state index contributed by atoms with van der Waals surface area (Å²) in [5, 5.41) is 6.58. The normalized spacial score (nSPS) is 15.1. The highest BCUT2D eigenvalue weighted by molar-refractivity contribution is 7.71. The number of aromatic nitrogens is 3. The molecule has 1 amide bonds. The fraction of sp³-hybridized carbons (Fsp3) is 0.316. The largest absolute Gasteiger partial charge is 0.327 e. The summed E-state index contributed by atoms with van der Waals surface area (Å²) in [5.41, 5.74) is 0.829. The molecule has 1 saturated heterocycles. The number of amides is 1. The van der Waals surface area contributed by atoms with E-state index in [4.69, 9.17) is 12.2 Å². The summed E-state index contributed by atoms with van der Waals surface area (Å²) >= 11 is 7.02. The van der Waals surface area contributed by atoms with Gasteiger partial charge in [0.2, 0.25) is 4.77 Å². The zero-order valence-electron chi connectivity index (χ0n) is 15.5. The minimum absolute atomic E-state index is 0.113. The van der Waals surface area contributed by atoms with E-state index in [1.165, 1.54) is 28.4 Å². The Kier molecular flexibility index (Phi) is 5.38. The molecule has 6 nitrogen and oxygen atoms in total. The Balaban J connectivity index is 1.43. The molecular weight excluding hydrogens is 397 g/mol. The van der Waals surface area contributed by atoms with Gasteiger partial charge in [-0.25, -0.2) is 4.39 Å². The van der Waals surface area contributed by atoms with Crippen LogP contribution >= 0.6 is 23.6 Å². The Morgan fingerprint density at radius 3 is 2.61 bits per heavy atom. The van der Waals surface area contributed by atoms with Crippen molar-refractivity contribution in [1.29, 1.82) is 0 Å². The van der Waals surface area contributed by atoms with Gasteiger partial charge in [0.15, 0.2) is 12.5 Å². The lowest BCUT2D eigenvalue weighted by Crippen LogP contribution is -3.14. The van der Waals surface area contributed by atoms with Crippen LogP contribution < -0.4 is 4.90 Å². The molecule has 0 atom stereocenters. The number of thiophene rings is 1. The highest BCUT2D eigenvalue weighted by Gasteiger charge is 2.26. The van der Waals surface area contributed by atoms with Gasteiger partial charge in [0.1, 0.15) is 5.82 Å². The van der Waals surface area contributed by atoms with E-state index < -0.39 is 0 Å². The molecule has 0 spiro atoms. The van der Waals surface area contributed by atoms with Crippen molar-refractivity contribution < 1.29 is 14.1 Å². The van der Waals surface area contributed by atoms with Crippen molar-refractivity contribution >= 4 is 29.5 Å². The predicted molar refractivity (Wildman–Crippen MR) is 108 cm³/mol. The number of rotatable bonds is 4. The van der Waals surface area contributed by atoms with Gasteiger partial charge < -0.3 is 14.4 Å². The molecule has 3 heterocycles. The summed E-state index contributed by atoms with van der Waals surface area (Å²) in [6.07, 6.45) is 0.